The molecule has 1 aliphatic rings. The van der Waals surface area contributed by atoms with Crippen LogP contribution in [0.3, 0.4) is 0 Å². The maximum Gasteiger partial charge on any atom is 0.304 e. The van der Waals surface area contributed by atoms with Crippen LogP contribution in [0.15, 0.2) is 22.7 Å². The molecule has 0 bridgehead atoms. The summed E-state index contributed by atoms with van der Waals surface area (Å²) in [4.78, 5) is 10.9. The van der Waals surface area contributed by atoms with Crippen LogP contribution in [0.4, 0.5) is 0 Å². The molecule has 2 rings (SSSR count). The average molecular weight is 283 g/mol. The molecule has 0 radical (unpaired) electrons. The van der Waals surface area contributed by atoms with Gasteiger partial charge < -0.3 is 5.11 Å². The molecule has 1 N–H and O–H groups in total. The quantitative estimate of drug-likeness (QED) is 0.918. The highest BCUT2D eigenvalue weighted by Crippen LogP contribution is 2.51. The van der Waals surface area contributed by atoms with Gasteiger partial charge in [-0.1, -0.05) is 28.9 Å². The zero-order valence-electron chi connectivity index (χ0n) is 9.29. The lowest BCUT2D eigenvalue weighted by Crippen LogP contribution is -2.13. The number of hydrogen-bond donors (Lipinski definition) is 1. The van der Waals surface area contributed by atoms with Gasteiger partial charge in [-0.05, 0) is 42.5 Å². The largest absolute Gasteiger partial charge is 0.481 e. The summed E-state index contributed by atoms with van der Waals surface area (Å²) in [6.07, 6.45) is 3.24. The summed E-state index contributed by atoms with van der Waals surface area (Å²) in [7, 11) is 0. The fourth-order valence-electron chi connectivity index (χ4n) is 2.17. The fourth-order valence-corrected chi connectivity index (χ4v) is 2.71. The van der Waals surface area contributed by atoms with Gasteiger partial charge in [-0.3, -0.25) is 4.79 Å². The van der Waals surface area contributed by atoms with Gasteiger partial charge in [-0.2, -0.15) is 0 Å². The third-order valence-electron chi connectivity index (χ3n) is 3.32. The number of carbonyl (C=O) groups is 1. The lowest BCUT2D eigenvalue weighted by molar-refractivity contribution is -0.137. The van der Waals surface area contributed by atoms with Crippen molar-refractivity contribution in [2.45, 2.75) is 38.0 Å². The second-order valence-electron chi connectivity index (χ2n) is 4.55. The van der Waals surface area contributed by atoms with E-state index in [0.717, 1.165) is 23.7 Å². The predicted octanol–water partition coefficient (Wildman–Crippen LogP) is 3.52. The third-order valence-corrected chi connectivity index (χ3v) is 3.78. The molecule has 0 heterocycles. The fraction of sp³-hybridized carbons (Fsp3) is 0.462. The number of carboxylic acids is 1. The minimum atomic E-state index is -0.699. The first-order valence-electron chi connectivity index (χ1n) is 5.57. The van der Waals surface area contributed by atoms with E-state index in [-0.39, 0.29) is 11.8 Å². The molecule has 1 saturated carbocycles. The molecule has 0 amide bonds. The summed E-state index contributed by atoms with van der Waals surface area (Å²) in [5.41, 5.74) is 2.36. The maximum absolute atomic E-state index is 10.9. The van der Waals surface area contributed by atoms with Crippen LogP contribution in [-0.4, -0.2) is 11.1 Å². The number of aliphatic carboxylic acids is 1. The van der Waals surface area contributed by atoms with Gasteiger partial charge in [0.1, 0.15) is 0 Å². The molecule has 1 aromatic rings. The molecular weight excluding hydrogens is 268 g/mol. The van der Waals surface area contributed by atoms with Crippen molar-refractivity contribution in [1.29, 1.82) is 0 Å². The van der Waals surface area contributed by atoms with Crippen LogP contribution in [0.1, 0.15) is 37.3 Å². The van der Waals surface area contributed by atoms with Crippen LogP contribution in [-0.2, 0) is 16.6 Å². The Morgan fingerprint density at radius 1 is 1.44 bits per heavy atom. The molecule has 86 valence electrons. The molecule has 1 aromatic carbocycles. The monoisotopic (exact) mass is 282 g/mol. The molecule has 0 aromatic heterocycles. The van der Waals surface area contributed by atoms with Crippen molar-refractivity contribution < 1.29 is 9.90 Å². The minimum Gasteiger partial charge on any atom is -0.481 e. The van der Waals surface area contributed by atoms with Gasteiger partial charge in [0.05, 0.1) is 6.42 Å². The third kappa shape index (κ3) is 2.29. The molecule has 2 nitrogen and oxygen atoms in total. The van der Waals surface area contributed by atoms with Crippen LogP contribution in [0.25, 0.3) is 0 Å². The molecule has 3 heteroatoms. The van der Waals surface area contributed by atoms with Gasteiger partial charge in [0.25, 0.3) is 0 Å². The van der Waals surface area contributed by atoms with E-state index in [2.05, 4.69) is 41.1 Å². The number of aryl methyl sites for hydroxylation is 1. The van der Waals surface area contributed by atoms with Gasteiger partial charge in [0.15, 0.2) is 0 Å². The van der Waals surface area contributed by atoms with E-state index in [0.29, 0.717) is 0 Å². The van der Waals surface area contributed by atoms with E-state index in [9.17, 15) is 4.79 Å². The second kappa shape index (κ2) is 4.21. The Bertz CT molecular complexity index is 422. The smallest absolute Gasteiger partial charge is 0.304 e. The first-order chi connectivity index (χ1) is 7.55. The molecule has 0 spiro atoms. The average Bonchev–Trinajstić information content (AvgIpc) is 2.97. The summed E-state index contributed by atoms with van der Waals surface area (Å²) >= 11 is 3.49. The molecule has 0 saturated heterocycles. The summed E-state index contributed by atoms with van der Waals surface area (Å²) in [6.45, 7) is 2.11. The van der Waals surface area contributed by atoms with Gasteiger partial charge in [-0.25, -0.2) is 0 Å². The van der Waals surface area contributed by atoms with E-state index in [4.69, 9.17) is 5.11 Å². The Morgan fingerprint density at radius 3 is 2.62 bits per heavy atom. The van der Waals surface area contributed by atoms with Gasteiger partial charge >= 0.3 is 5.97 Å². The summed E-state index contributed by atoms with van der Waals surface area (Å²) in [5, 5.41) is 8.93. The topological polar surface area (TPSA) is 37.3 Å². The van der Waals surface area contributed by atoms with Crippen molar-refractivity contribution in [3.05, 3.63) is 33.8 Å². The van der Waals surface area contributed by atoms with E-state index in [1.807, 2.05) is 0 Å². The van der Waals surface area contributed by atoms with E-state index in [1.165, 1.54) is 11.1 Å². The highest BCUT2D eigenvalue weighted by molar-refractivity contribution is 9.10. The Kier molecular flexibility index (Phi) is 3.06. The Morgan fingerprint density at radius 2 is 2.12 bits per heavy atom. The molecule has 0 unspecified atom stereocenters. The number of carboxylic acid groups (broad SMARTS) is 1. The van der Waals surface area contributed by atoms with E-state index in [1.54, 1.807) is 0 Å². The zero-order valence-corrected chi connectivity index (χ0v) is 10.9. The summed E-state index contributed by atoms with van der Waals surface area (Å²) in [6, 6.07) is 6.32. The molecule has 1 fully saturated rings. The standard InChI is InChI=1S/C13H15BrO2/c1-2-9-5-10(7-11(14)6-9)13(3-4-13)8-12(15)16/h5-7H,2-4,8H2,1H3,(H,15,16). The lowest BCUT2D eigenvalue weighted by Gasteiger charge is -2.14. The molecular formula is C13H15BrO2. The lowest BCUT2D eigenvalue weighted by atomic mass is 9.91. The molecule has 1 aliphatic carbocycles. The predicted molar refractivity (Wildman–Crippen MR) is 66.7 cm³/mol. The van der Waals surface area contributed by atoms with Gasteiger partial charge in [0, 0.05) is 9.89 Å². The van der Waals surface area contributed by atoms with Crippen molar-refractivity contribution in [3.63, 3.8) is 0 Å². The normalized spacial score (nSPS) is 17.1. The number of benzene rings is 1. The number of hydrogen-bond acceptors (Lipinski definition) is 1. The molecule has 0 aliphatic heterocycles. The van der Waals surface area contributed by atoms with Gasteiger partial charge in [0.2, 0.25) is 0 Å². The number of rotatable bonds is 4. The maximum atomic E-state index is 10.9. The van der Waals surface area contributed by atoms with Crippen molar-refractivity contribution in [2.24, 2.45) is 0 Å². The van der Waals surface area contributed by atoms with Crippen LogP contribution in [0.2, 0.25) is 0 Å². The van der Waals surface area contributed by atoms with Gasteiger partial charge in [-0.15, -0.1) is 0 Å². The van der Waals surface area contributed by atoms with Crippen molar-refractivity contribution in [3.8, 4) is 0 Å². The Hall–Kier alpha value is -0.830. The minimum absolute atomic E-state index is 0.0838. The first-order valence-corrected chi connectivity index (χ1v) is 6.37. The van der Waals surface area contributed by atoms with Crippen LogP contribution >= 0.6 is 15.9 Å². The highest BCUT2D eigenvalue weighted by atomic mass is 79.9. The van der Waals surface area contributed by atoms with Crippen LogP contribution in [0.5, 0.6) is 0 Å². The summed E-state index contributed by atoms with van der Waals surface area (Å²) in [5.74, 6) is -0.699. The number of halogens is 1. The van der Waals surface area contributed by atoms with Crippen molar-refractivity contribution in [1.82, 2.24) is 0 Å². The first kappa shape index (κ1) is 11.6. The Balaban J connectivity index is 2.33. The highest BCUT2D eigenvalue weighted by Gasteiger charge is 2.46. The Labute approximate surface area is 104 Å². The molecule has 0 atom stereocenters. The second-order valence-corrected chi connectivity index (χ2v) is 5.47. The summed E-state index contributed by atoms with van der Waals surface area (Å²) < 4.78 is 1.05. The van der Waals surface area contributed by atoms with Crippen molar-refractivity contribution >= 4 is 21.9 Å². The van der Waals surface area contributed by atoms with Crippen molar-refractivity contribution in [2.75, 3.05) is 0 Å². The van der Waals surface area contributed by atoms with E-state index < -0.39 is 5.97 Å². The molecule has 16 heavy (non-hydrogen) atoms. The van der Waals surface area contributed by atoms with Crippen LogP contribution in [0, 0.1) is 0 Å². The SMILES string of the molecule is CCc1cc(Br)cc(C2(CC(=O)O)CC2)c1. The zero-order chi connectivity index (χ0) is 11.8. The van der Waals surface area contributed by atoms with E-state index >= 15 is 0 Å². The van der Waals surface area contributed by atoms with Crippen LogP contribution < -0.4 is 0 Å².